The van der Waals surface area contributed by atoms with Crippen molar-refractivity contribution in [3.63, 3.8) is 0 Å². The molecular weight excluding hydrogens is 383 g/mol. The third-order valence-corrected chi connectivity index (χ3v) is 5.29. The Hall–Kier alpha value is -2.17. The van der Waals surface area contributed by atoms with Gasteiger partial charge in [0.2, 0.25) is 0 Å². The van der Waals surface area contributed by atoms with Gasteiger partial charge in [0.05, 0.1) is 6.10 Å². The molecule has 0 fully saturated rings. The Bertz CT molecular complexity index is 1010. The number of aromatic amines is 1. The van der Waals surface area contributed by atoms with Crippen LogP contribution in [0.4, 0.5) is 4.79 Å². The van der Waals surface area contributed by atoms with E-state index in [1.807, 2.05) is 56.3 Å². The molecule has 0 saturated heterocycles. The highest BCUT2D eigenvalue weighted by molar-refractivity contribution is 6.31. The molecule has 1 unspecified atom stereocenters. The topological polar surface area (TPSA) is 45.3 Å². The van der Waals surface area contributed by atoms with Crippen LogP contribution >= 0.6 is 23.2 Å². The maximum atomic E-state index is 12.8. The number of benzene rings is 2. The molecule has 0 aliphatic carbocycles. The lowest BCUT2D eigenvalue weighted by molar-refractivity contribution is 0.0655. The van der Waals surface area contributed by atoms with E-state index in [9.17, 15) is 4.79 Å². The number of carbonyl (C=O) groups excluding carboxylic acids is 1. The van der Waals surface area contributed by atoms with E-state index in [-0.39, 0.29) is 18.2 Å². The predicted molar refractivity (Wildman–Crippen MR) is 109 cm³/mol. The van der Waals surface area contributed by atoms with Crippen LogP contribution in [0.25, 0.3) is 10.9 Å². The quantitative estimate of drug-likeness (QED) is 0.573. The second kappa shape index (κ2) is 7.10. The van der Waals surface area contributed by atoms with Crippen LogP contribution in [0, 0.1) is 0 Å². The molecule has 0 saturated carbocycles. The third kappa shape index (κ3) is 3.40. The number of ether oxygens (including phenoxy) is 1. The molecule has 1 amide bonds. The average molecular weight is 403 g/mol. The van der Waals surface area contributed by atoms with E-state index in [0.717, 1.165) is 28.6 Å². The van der Waals surface area contributed by atoms with E-state index >= 15 is 0 Å². The molecule has 0 spiro atoms. The van der Waals surface area contributed by atoms with Crippen molar-refractivity contribution in [2.75, 3.05) is 6.54 Å². The molecule has 0 bridgehead atoms. The summed E-state index contributed by atoms with van der Waals surface area (Å²) < 4.78 is 5.50. The van der Waals surface area contributed by atoms with Gasteiger partial charge >= 0.3 is 6.09 Å². The van der Waals surface area contributed by atoms with E-state index in [1.54, 1.807) is 4.90 Å². The molecule has 4 rings (SSSR count). The van der Waals surface area contributed by atoms with Gasteiger partial charge < -0.3 is 9.72 Å². The fourth-order valence-corrected chi connectivity index (χ4v) is 4.12. The number of fused-ring (bicyclic) bond motifs is 3. The van der Waals surface area contributed by atoms with Crippen LogP contribution in [0.15, 0.2) is 42.5 Å². The van der Waals surface area contributed by atoms with Crippen LogP contribution < -0.4 is 0 Å². The lowest BCUT2D eigenvalue weighted by atomic mass is 9.93. The van der Waals surface area contributed by atoms with E-state index in [0.29, 0.717) is 16.6 Å². The summed E-state index contributed by atoms with van der Waals surface area (Å²) in [5.41, 5.74) is 4.13. The minimum absolute atomic E-state index is 0.180. The monoisotopic (exact) mass is 402 g/mol. The summed E-state index contributed by atoms with van der Waals surface area (Å²) in [5, 5.41) is 2.43. The van der Waals surface area contributed by atoms with E-state index in [1.165, 1.54) is 5.56 Å². The number of halogens is 2. The van der Waals surface area contributed by atoms with E-state index in [2.05, 4.69) is 4.98 Å². The highest BCUT2D eigenvalue weighted by atomic mass is 35.5. The lowest BCUT2D eigenvalue weighted by Gasteiger charge is -2.36. The largest absolute Gasteiger partial charge is 0.447 e. The van der Waals surface area contributed by atoms with Crippen LogP contribution in [0.5, 0.6) is 0 Å². The lowest BCUT2D eigenvalue weighted by Crippen LogP contribution is -2.41. The molecule has 2 aromatic carbocycles. The first-order valence-electron chi connectivity index (χ1n) is 8.96. The van der Waals surface area contributed by atoms with Crippen molar-refractivity contribution in [2.24, 2.45) is 0 Å². The van der Waals surface area contributed by atoms with Gasteiger partial charge in [-0.15, -0.1) is 0 Å². The van der Waals surface area contributed by atoms with E-state index < -0.39 is 0 Å². The molecule has 1 aliphatic rings. The summed E-state index contributed by atoms with van der Waals surface area (Å²) in [6.07, 6.45) is 0.234. The fraction of sp³-hybridized carbons (Fsp3) is 0.286. The number of nitrogens with one attached hydrogen (secondary N) is 1. The Morgan fingerprint density at radius 2 is 1.96 bits per heavy atom. The molecular formula is C21H20Cl2N2O2. The van der Waals surface area contributed by atoms with Crippen LogP contribution in [0.2, 0.25) is 10.0 Å². The van der Waals surface area contributed by atoms with Gasteiger partial charge in [0, 0.05) is 33.2 Å². The van der Waals surface area contributed by atoms with Crippen LogP contribution in [0.1, 0.15) is 36.7 Å². The van der Waals surface area contributed by atoms with Crippen molar-refractivity contribution < 1.29 is 9.53 Å². The molecule has 1 atom stereocenters. The first kappa shape index (κ1) is 18.2. The standard InChI is InChI=1S/C21H20Cl2N2O2/c1-12(2)27-21(26)25-9-8-16-17-11-15(23)6-7-18(17)24-19(16)20(25)13-4-3-5-14(22)10-13/h3-7,10-12,20,24H,8-9H2,1-2H3. The van der Waals surface area contributed by atoms with Gasteiger partial charge in [-0.05, 0) is 61.7 Å². The van der Waals surface area contributed by atoms with Crippen molar-refractivity contribution in [3.05, 3.63) is 69.3 Å². The zero-order valence-corrected chi connectivity index (χ0v) is 16.6. The van der Waals surface area contributed by atoms with Crippen LogP contribution in [-0.4, -0.2) is 28.6 Å². The van der Waals surface area contributed by atoms with Crippen molar-refractivity contribution in [1.29, 1.82) is 0 Å². The smallest absolute Gasteiger partial charge is 0.410 e. The summed E-state index contributed by atoms with van der Waals surface area (Å²) >= 11 is 12.5. The van der Waals surface area contributed by atoms with Crippen LogP contribution in [0.3, 0.4) is 0 Å². The van der Waals surface area contributed by atoms with Gasteiger partial charge in [-0.1, -0.05) is 35.3 Å². The van der Waals surface area contributed by atoms with Gasteiger partial charge in [-0.25, -0.2) is 4.79 Å². The van der Waals surface area contributed by atoms with E-state index in [4.69, 9.17) is 27.9 Å². The molecule has 3 aromatic rings. The molecule has 1 aromatic heterocycles. The highest BCUT2D eigenvalue weighted by Gasteiger charge is 2.35. The zero-order chi connectivity index (χ0) is 19.1. The highest BCUT2D eigenvalue weighted by Crippen LogP contribution is 2.39. The molecule has 1 N–H and O–H groups in total. The molecule has 1 aliphatic heterocycles. The van der Waals surface area contributed by atoms with Crippen molar-refractivity contribution in [1.82, 2.24) is 9.88 Å². The molecule has 140 valence electrons. The fourth-order valence-electron chi connectivity index (χ4n) is 3.75. The first-order chi connectivity index (χ1) is 12.9. The summed E-state index contributed by atoms with van der Waals surface area (Å²) in [6, 6.07) is 13.1. The first-order valence-corrected chi connectivity index (χ1v) is 9.72. The molecule has 0 radical (unpaired) electrons. The predicted octanol–water partition coefficient (Wildman–Crippen LogP) is 5.97. The van der Waals surface area contributed by atoms with Gasteiger partial charge in [0.25, 0.3) is 0 Å². The Morgan fingerprint density at radius 1 is 1.19 bits per heavy atom. The summed E-state index contributed by atoms with van der Waals surface area (Å²) in [6.45, 7) is 4.27. The average Bonchev–Trinajstić information content (AvgIpc) is 2.98. The maximum Gasteiger partial charge on any atom is 0.410 e. The molecule has 27 heavy (non-hydrogen) atoms. The Kier molecular flexibility index (Phi) is 4.79. The normalized spacial score (nSPS) is 16.6. The third-order valence-electron chi connectivity index (χ3n) is 4.82. The molecule has 2 heterocycles. The minimum atomic E-state index is -0.322. The van der Waals surface area contributed by atoms with Crippen molar-refractivity contribution >= 4 is 40.2 Å². The number of carbonyl (C=O) groups is 1. The second-order valence-electron chi connectivity index (χ2n) is 7.04. The molecule has 6 heteroatoms. The van der Waals surface area contributed by atoms with Gasteiger partial charge in [0.1, 0.15) is 6.04 Å². The Labute approximate surface area is 168 Å². The minimum Gasteiger partial charge on any atom is -0.447 e. The summed E-state index contributed by atoms with van der Waals surface area (Å²) in [4.78, 5) is 18.1. The van der Waals surface area contributed by atoms with Crippen molar-refractivity contribution in [2.45, 2.75) is 32.4 Å². The zero-order valence-electron chi connectivity index (χ0n) is 15.1. The number of hydrogen-bond acceptors (Lipinski definition) is 2. The Balaban J connectivity index is 1.87. The SMILES string of the molecule is CC(C)OC(=O)N1CCc2c([nH]c3ccc(Cl)cc23)C1c1cccc(Cl)c1. The number of aromatic nitrogens is 1. The summed E-state index contributed by atoms with van der Waals surface area (Å²) in [7, 11) is 0. The number of nitrogens with zero attached hydrogens (tertiary/aromatic N) is 1. The van der Waals surface area contributed by atoms with Crippen LogP contribution in [-0.2, 0) is 11.2 Å². The summed E-state index contributed by atoms with van der Waals surface area (Å²) in [5.74, 6) is 0. The Morgan fingerprint density at radius 3 is 2.70 bits per heavy atom. The van der Waals surface area contributed by atoms with Gasteiger partial charge in [-0.3, -0.25) is 4.90 Å². The van der Waals surface area contributed by atoms with Gasteiger partial charge in [0.15, 0.2) is 0 Å². The maximum absolute atomic E-state index is 12.8. The number of hydrogen-bond donors (Lipinski definition) is 1. The van der Waals surface area contributed by atoms with Crippen molar-refractivity contribution in [3.8, 4) is 0 Å². The number of H-pyrrole nitrogens is 1. The molecule has 4 nitrogen and oxygen atoms in total. The number of rotatable bonds is 2. The second-order valence-corrected chi connectivity index (χ2v) is 7.91. The number of amides is 1. The van der Waals surface area contributed by atoms with Gasteiger partial charge in [-0.2, -0.15) is 0 Å².